The predicted molar refractivity (Wildman–Crippen MR) is 109 cm³/mol. The van der Waals surface area contributed by atoms with E-state index in [0.29, 0.717) is 28.6 Å². The third kappa shape index (κ3) is 5.88. The fourth-order valence-corrected chi connectivity index (χ4v) is 3.36. The Morgan fingerprint density at radius 1 is 1.23 bits per heavy atom. The molecule has 2 N–H and O–H groups in total. The molecule has 3 aromatic rings. The Labute approximate surface area is 179 Å². The fraction of sp³-hybridized carbons (Fsp3) is 0.238. The number of rotatable bonds is 10. The second-order valence-electron chi connectivity index (χ2n) is 6.65. The monoisotopic (exact) mass is 449 g/mol. The number of fused-ring (bicyclic) bond motifs is 1. The number of ketones is 1. The van der Waals surface area contributed by atoms with Gasteiger partial charge >= 0.3 is 0 Å². The number of ether oxygens (including phenoxy) is 1. The molecule has 2 aromatic carbocycles. The number of aliphatic hydroxyl groups excluding tert-OH is 1. The van der Waals surface area contributed by atoms with Gasteiger partial charge in [-0.3, -0.25) is 14.0 Å². The summed E-state index contributed by atoms with van der Waals surface area (Å²) < 4.78 is 56.9. The fourth-order valence-electron chi connectivity index (χ4n) is 3.05. The summed E-state index contributed by atoms with van der Waals surface area (Å²) in [6.45, 7) is 0.0582. The Hall–Kier alpha value is -2.79. The molecule has 3 rings (SSSR count). The molecule has 1 heterocycles. The number of aryl methyl sites for hydroxylation is 1. The van der Waals surface area contributed by atoms with Gasteiger partial charge in [0, 0.05) is 28.8 Å². The lowest BCUT2D eigenvalue weighted by Crippen LogP contribution is -2.18. The van der Waals surface area contributed by atoms with Crippen molar-refractivity contribution in [3.8, 4) is 5.75 Å². The molecule has 0 aliphatic carbocycles. The number of benzene rings is 2. The van der Waals surface area contributed by atoms with Crippen LogP contribution in [0.4, 0.5) is 8.78 Å². The number of hydrogen-bond donors (Lipinski definition) is 2. The minimum absolute atomic E-state index is 0.0866. The third-order valence-corrected chi connectivity index (χ3v) is 4.91. The smallest absolute Gasteiger partial charge is 0.196 e. The van der Waals surface area contributed by atoms with Crippen molar-refractivity contribution in [2.75, 3.05) is 19.8 Å². The number of carbonyl (C=O) groups excluding carboxylic acids is 1. The van der Waals surface area contributed by atoms with E-state index in [-0.39, 0.29) is 31.7 Å². The highest BCUT2D eigenvalue weighted by Gasteiger charge is 2.19. The Kier molecular flexibility index (Phi) is 7.75. The first kappa shape index (κ1) is 22.9. The van der Waals surface area contributed by atoms with Crippen LogP contribution in [0.25, 0.3) is 10.9 Å². The topological polar surface area (TPSA) is 112 Å². The highest BCUT2D eigenvalue weighted by molar-refractivity contribution is 7.77. The lowest BCUT2D eigenvalue weighted by atomic mass is 9.97. The summed E-state index contributed by atoms with van der Waals surface area (Å²) in [5.41, 5.74) is 0.697. The molecule has 0 aliphatic rings. The van der Waals surface area contributed by atoms with Crippen LogP contribution < -0.4 is 9.46 Å². The van der Waals surface area contributed by atoms with Gasteiger partial charge in [0.05, 0.1) is 23.9 Å². The van der Waals surface area contributed by atoms with E-state index in [9.17, 15) is 22.3 Å². The quantitative estimate of drug-likeness (QED) is 0.279. The zero-order valence-electron chi connectivity index (χ0n) is 16.3. The predicted octanol–water partition coefficient (Wildman–Crippen LogP) is 2.43. The van der Waals surface area contributed by atoms with Crippen molar-refractivity contribution in [3.05, 3.63) is 70.9 Å². The maximum Gasteiger partial charge on any atom is 0.196 e. The maximum absolute atomic E-state index is 14.4. The van der Waals surface area contributed by atoms with Crippen molar-refractivity contribution in [2.24, 2.45) is 0 Å². The molecule has 164 valence electrons. The summed E-state index contributed by atoms with van der Waals surface area (Å²) in [5, 5.41) is 9.42. The van der Waals surface area contributed by atoms with E-state index in [1.807, 2.05) is 0 Å². The summed E-state index contributed by atoms with van der Waals surface area (Å²) in [6.07, 6.45) is 2.09. The molecule has 0 spiro atoms. The highest BCUT2D eigenvalue weighted by atomic mass is 32.2. The summed E-state index contributed by atoms with van der Waals surface area (Å²) in [4.78, 5) is 17.1. The van der Waals surface area contributed by atoms with E-state index in [1.165, 1.54) is 24.4 Å². The lowest BCUT2D eigenvalue weighted by Gasteiger charge is -2.10. The molecule has 0 amide bonds. The molecular weight excluding hydrogens is 430 g/mol. The summed E-state index contributed by atoms with van der Waals surface area (Å²) in [7, 11) is 0. The van der Waals surface area contributed by atoms with Crippen molar-refractivity contribution in [3.63, 3.8) is 0 Å². The van der Waals surface area contributed by atoms with Crippen LogP contribution in [0.3, 0.4) is 0 Å². The molecule has 0 bridgehead atoms. The number of aliphatic hydroxyl groups is 1. The second kappa shape index (κ2) is 10.5. The lowest BCUT2D eigenvalue weighted by molar-refractivity contribution is 0.103. The molecule has 31 heavy (non-hydrogen) atoms. The zero-order valence-corrected chi connectivity index (χ0v) is 17.1. The Bertz CT molecular complexity index is 1130. The molecule has 0 fully saturated rings. The third-order valence-electron chi connectivity index (χ3n) is 4.47. The van der Waals surface area contributed by atoms with Gasteiger partial charge in [0.2, 0.25) is 0 Å². The second-order valence-corrected chi connectivity index (χ2v) is 7.41. The highest BCUT2D eigenvalue weighted by Crippen LogP contribution is 2.24. The van der Waals surface area contributed by atoms with Crippen molar-refractivity contribution >= 4 is 28.0 Å². The maximum atomic E-state index is 14.4. The number of nitrogens with zero attached hydrogens (tertiary/aromatic N) is 1. The Morgan fingerprint density at radius 3 is 2.77 bits per heavy atom. The van der Waals surface area contributed by atoms with E-state index >= 15 is 0 Å². The van der Waals surface area contributed by atoms with Gasteiger partial charge in [-0.1, -0.05) is 0 Å². The van der Waals surface area contributed by atoms with Crippen LogP contribution in [0.1, 0.15) is 27.9 Å². The van der Waals surface area contributed by atoms with E-state index in [0.717, 1.165) is 6.07 Å². The molecule has 0 saturated carbocycles. The van der Waals surface area contributed by atoms with Gasteiger partial charge in [-0.2, -0.15) is 0 Å². The first-order chi connectivity index (χ1) is 14.9. The van der Waals surface area contributed by atoms with E-state index in [1.54, 1.807) is 12.1 Å². The van der Waals surface area contributed by atoms with Gasteiger partial charge in [0.25, 0.3) is 0 Å². The number of pyridine rings is 1. The van der Waals surface area contributed by atoms with Crippen LogP contribution in [0.2, 0.25) is 0 Å². The summed E-state index contributed by atoms with van der Waals surface area (Å²) in [6, 6.07) is 8.48. The van der Waals surface area contributed by atoms with E-state index < -0.39 is 34.2 Å². The molecule has 0 aliphatic heterocycles. The standard InChI is InChI=1S/C21H20F2N2O5S/c22-18-9-13(2-1-5-25-31(28)29)8-17(20(18)23)21(27)14-3-4-19-15(10-14)11-16(12-24-19)30-7-6-26/h3-4,8-12,25-26H,1-2,5-7H2,(H,28,29)/p-1. The van der Waals surface area contributed by atoms with Crippen molar-refractivity contribution < 1.29 is 32.2 Å². The van der Waals surface area contributed by atoms with Gasteiger partial charge < -0.3 is 14.4 Å². The molecule has 1 unspecified atom stereocenters. The molecule has 0 radical (unpaired) electrons. The van der Waals surface area contributed by atoms with Gasteiger partial charge in [0.15, 0.2) is 17.4 Å². The molecular formula is C21H19F2N2O5S-. The number of carbonyl (C=O) groups is 1. The van der Waals surface area contributed by atoms with Gasteiger partial charge in [-0.05, 0) is 54.8 Å². The molecule has 1 aromatic heterocycles. The summed E-state index contributed by atoms with van der Waals surface area (Å²) >= 11 is -2.40. The number of aromatic nitrogens is 1. The van der Waals surface area contributed by atoms with Gasteiger partial charge in [0.1, 0.15) is 12.4 Å². The van der Waals surface area contributed by atoms with Crippen LogP contribution in [-0.4, -0.2) is 44.4 Å². The van der Waals surface area contributed by atoms with Crippen LogP contribution in [-0.2, 0) is 17.7 Å². The van der Waals surface area contributed by atoms with Crippen LogP contribution in [0, 0.1) is 11.6 Å². The SMILES string of the molecule is O=C(c1ccc2ncc(OCCO)cc2c1)c1cc(CCCNS(=O)[O-])cc(F)c1F. The van der Waals surface area contributed by atoms with Gasteiger partial charge in [-0.15, -0.1) is 0 Å². The minimum atomic E-state index is -2.40. The van der Waals surface area contributed by atoms with Crippen LogP contribution >= 0.6 is 0 Å². The first-order valence-electron chi connectivity index (χ1n) is 9.38. The number of halogens is 2. The van der Waals surface area contributed by atoms with E-state index in [2.05, 4.69) is 9.71 Å². The Balaban J connectivity index is 1.86. The number of hydrogen-bond acceptors (Lipinski definition) is 6. The molecule has 1 atom stereocenters. The number of nitrogens with one attached hydrogen (secondary N) is 1. The minimum Gasteiger partial charge on any atom is -0.760 e. The Morgan fingerprint density at radius 2 is 2.03 bits per heavy atom. The average Bonchev–Trinajstić information content (AvgIpc) is 2.76. The largest absolute Gasteiger partial charge is 0.760 e. The van der Waals surface area contributed by atoms with Crippen molar-refractivity contribution in [1.82, 2.24) is 9.71 Å². The van der Waals surface area contributed by atoms with Crippen LogP contribution in [0.15, 0.2) is 42.6 Å². The van der Waals surface area contributed by atoms with E-state index in [4.69, 9.17) is 9.84 Å². The normalized spacial score (nSPS) is 12.1. The first-order valence-corrected chi connectivity index (χ1v) is 10.5. The molecule has 7 nitrogen and oxygen atoms in total. The zero-order chi connectivity index (χ0) is 22.4. The van der Waals surface area contributed by atoms with Gasteiger partial charge in [-0.25, -0.2) is 13.5 Å². The average molecular weight is 449 g/mol. The van der Waals surface area contributed by atoms with Crippen molar-refractivity contribution in [2.45, 2.75) is 12.8 Å². The molecule has 10 heteroatoms. The van der Waals surface area contributed by atoms with Crippen molar-refractivity contribution in [1.29, 1.82) is 0 Å². The molecule has 0 saturated heterocycles. The van der Waals surface area contributed by atoms with Crippen LogP contribution in [0.5, 0.6) is 5.75 Å². The summed E-state index contributed by atoms with van der Waals surface area (Å²) in [5.74, 6) is -2.69.